The van der Waals surface area contributed by atoms with Crippen LogP contribution in [0.3, 0.4) is 0 Å². The number of nitrogens with one attached hydrogen (secondary N) is 1. The van der Waals surface area contributed by atoms with Crippen LogP contribution in [0.2, 0.25) is 10.0 Å². The highest BCUT2D eigenvalue weighted by Crippen LogP contribution is 2.30. The predicted molar refractivity (Wildman–Crippen MR) is 111 cm³/mol. The molecule has 1 aliphatic heterocycles. The monoisotopic (exact) mass is 402 g/mol. The average Bonchev–Trinajstić information content (AvgIpc) is 3.16. The maximum atomic E-state index is 6.49. The van der Waals surface area contributed by atoms with Crippen molar-refractivity contribution in [2.75, 3.05) is 36.5 Å². The summed E-state index contributed by atoms with van der Waals surface area (Å²) in [5.74, 6) is 1.65. The SMILES string of the molecule is Clc1cccc(-c2ccc(CNc3ccc(N4CCOCC4)c(Cl)c3)o2)c1. The molecule has 1 N–H and O–H groups in total. The van der Waals surface area contributed by atoms with Gasteiger partial charge in [0.25, 0.3) is 0 Å². The molecule has 0 radical (unpaired) electrons. The molecule has 1 saturated heterocycles. The van der Waals surface area contributed by atoms with Crippen LogP contribution in [0.5, 0.6) is 0 Å². The van der Waals surface area contributed by atoms with Crippen molar-refractivity contribution >= 4 is 34.6 Å². The van der Waals surface area contributed by atoms with Gasteiger partial charge in [0.2, 0.25) is 0 Å². The molecule has 27 heavy (non-hydrogen) atoms. The van der Waals surface area contributed by atoms with E-state index < -0.39 is 0 Å². The molecule has 4 rings (SSSR count). The third-order valence-electron chi connectivity index (χ3n) is 4.54. The molecule has 3 aromatic rings. The molecule has 0 unspecified atom stereocenters. The molecule has 6 heteroatoms. The van der Waals surface area contributed by atoms with Crippen molar-refractivity contribution in [3.8, 4) is 11.3 Å². The Balaban J connectivity index is 1.41. The van der Waals surface area contributed by atoms with E-state index in [-0.39, 0.29) is 0 Å². The zero-order valence-electron chi connectivity index (χ0n) is 14.8. The summed E-state index contributed by atoms with van der Waals surface area (Å²) in [5, 5.41) is 4.79. The highest BCUT2D eigenvalue weighted by molar-refractivity contribution is 6.33. The van der Waals surface area contributed by atoms with Crippen LogP contribution in [0.25, 0.3) is 11.3 Å². The second kappa shape index (κ2) is 8.26. The summed E-state index contributed by atoms with van der Waals surface area (Å²) < 4.78 is 11.3. The molecule has 1 aromatic heterocycles. The molecule has 0 saturated carbocycles. The van der Waals surface area contributed by atoms with E-state index in [1.165, 1.54) is 0 Å². The number of morpholine rings is 1. The fourth-order valence-corrected chi connectivity index (χ4v) is 3.63. The van der Waals surface area contributed by atoms with Crippen molar-refractivity contribution in [3.63, 3.8) is 0 Å². The molecule has 0 bridgehead atoms. The van der Waals surface area contributed by atoms with E-state index in [9.17, 15) is 0 Å². The number of benzene rings is 2. The molecule has 0 atom stereocenters. The van der Waals surface area contributed by atoms with Crippen LogP contribution >= 0.6 is 23.2 Å². The van der Waals surface area contributed by atoms with Crippen LogP contribution in [0.4, 0.5) is 11.4 Å². The molecular weight excluding hydrogens is 383 g/mol. The zero-order chi connectivity index (χ0) is 18.6. The normalized spacial score (nSPS) is 14.4. The van der Waals surface area contributed by atoms with Gasteiger partial charge in [0.15, 0.2) is 0 Å². The number of halogens is 2. The topological polar surface area (TPSA) is 37.6 Å². The van der Waals surface area contributed by atoms with Gasteiger partial charge in [0.1, 0.15) is 11.5 Å². The fourth-order valence-electron chi connectivity index (χ4n) is 3.14. The number of hydrogen-bond acceptors (Lipinski definition) is 4. The Kier molecular flexibility index (Phi) is 5.58. The van der Waals surface area contributed by atoms with Gasteiger partial charge in [0.05, 0.1) is 30.5 Å². The minimum atomic E-state index is 0.577. The summed E-state index contributed by atoms with van der Waals surface area (Å²) in [5.41, 5.74) is 2.97. The van der Waals surface area contributed by atoms with Crippen LogP contribution in [0.1, 0.15) is 5.76 Å². The molecule has 1 fully saturated rings. The third kappa shape index (κ3) is 4.41. The first-order valence-electron chi connectivity index (χ1n) is 8.90. The molecule has 0 spiro atoms. The van der Waals surface area contributed by atoms with Gasteiger partial charge in [-0.2, -0.15) is 0 Å². The van der Waals surface area contributed by atoms with Crippen molar-refractivity contribution in [2.45, 2.75) is 6.54 Å². The van der Waals surface area contributed by atoms with Crippen molar-refractivity contribution in [1.29, 1.82) is 0 Å². The number of rotatable bonds is 5. The highest BCUT2D eigenvalue weighted by Gasteiger charge is 2.14. The lowest BCUT2D eigenvalue weighted by Gasteiger charge is -2.29. The van der Waals surface area contributed by atoms with Crippen molar-refractivity contribution in [2.24, 2.45) is 0 Å². The Bertz CT molecular complexity index is 920. The van der Waals surface area contributed by atoms with E-state index in [1.807, 2.05) is 48.5 Å². The lowest BCUT2D eigenvalue weighted by Crippen LogP contribution is -2.36. The largest absolute Gasteiger partial charge is 0.459 e. The van der Waals surface area contributed by atoms with E-state index in [4.69, 9.17) is 32.4 Å². The summed E-state index contributed by atoms with van der Waals surface area (Å²) >= 11 is 12.5. The smallest absolute Gasteiger partial charge is 0.134 e. The van der Waals surface area contributed by atoms with Gasteiger partial charge in [0, 0.05) is 29.4 Å². The molecular formula is C21H20Cl2N2O2. The van der Waals surface area contributed by atoms with Crippen molar-refractivity contribution in [1.82, 2.24) is 0 Å². The molecule has 140 valence electrons. The van der Waals surface area contributed by atoms with E-state index in [0.29, 0.717) is 11.6 Å². The highest BCUT2D eigenvalue weighted by atomic mass is 35.5. The maximum Gasteiger partial charge on any atom is 0.134 e. The number of hydrogen-bond donors (Lipinski definition) is 1. The van der Waals surface area contributed by atoms with Gasteiger partial charge < -0.3 is 19.4 Å². The Morgan fingerprint density at radius 2 is 1.81 bits per heavy atom. The molecule has 4 nitrogen and oxygen atoms in total. The molecule has 0 aliphatic carbocycles. The molecule has 2 aromatic carbocycles. The predicted octanol–water partition coefficient (Wildman–Crippen LogP) is 5.70. The van der Waals surface area contributed by atoms with Gasteiger partial charge >= 0.3 is 0 Å². The first kappa shape index (κ1) is 18.2. The molecule has 2 heterocycles. The number of nitrogens with zero attached hydrogens (tertiary/aromatic N) is 1. The minimum Gasteiger partial charge on any atom is -0.459 e. The van der Waals surface area contributed by atoms with Gasteiger partial charge in [-0.1, -0.05) is 35.3 Å². The fraction of sp³-hybridized carbons (Fsp3) is 0.238. The Morgan fingerprint density at radius 1 is 0.963 bits per heavy atom. The van der Waals surface area contributed by atoms with E-state index in [0.717, 1.165) is 59.8 Å². The lowest BCUT2D eigenvalue weighted by molar-refractivity contribution is 0.122. The standard InChI is InChI=1S/C21H20Cl2N2O2/c22-16-3-1-2-15(12-16)21-7-5-18(27-21)14-24-17-4-6-20(19(23)13-17)25-8-10-26-11-9-25/h1-7,12-13,24H,8-11,14H2. The Hall–Kier alpha value is -2.14. The first-order chi connectivity index (χ1) is 13.2. The summed E-state index contributed by atoms with van der Waals surface area (Å²) in [6.07, 6.45) is 0. The van der Waals surface area contributed by atoms with Crippen LogP contribution in [0, 0.1) is 0 Å². The van der Waals surface area contributed by atoms with Crippen LogP contribution in [-0.2, 0) is 11.3 Å². The lowest BCUT2D eigenvalue weighted by atomic mass is 10.2. The number of furan rings is 1. The van der Waals surface area contributed by atoms with Gasteiger partial charge in [-0.3, -0.25) is 0 Å². The van der Waals surface area contributed by atoms with Crippen LogP contribution in [-0.4, -0.2) is 26.3 Å². The first-order valence-corrected chi connectivity index (χ1v) is 9.65. The summed E-state index contributed by atoms with van der Waals surface area (Å²) in [4.78, 5) is 2.25. The zero-order valence-corrected chi connectivity index (χ0v) is 16.3. The summed E-state index contributed by atoms with van der Waals surface area (Å²) in [6, 6.07) is 17.6. The van der Waals surface area contributed by atoms with E-state index >= 15 is 0 Å². The van der Waals surface area contributed by atoms with Crippen molar-refractivity contribution < 1.29 is 9.15 Å². The average molecular weight is 403 g/mol. The van der Waals surface area contributed by atoms with E-state index in [2.05, 4.69) is 16.3 Å². The third-order valence-corrected chi connectivity index (χ3v) is 5.07. The van der Waals surface area contributed by atoms with Gasteiger partial charge in [-0.15, -0.1) is 0 Å². The van der Waals surface area contributed by atoms with E-state index in [1.54, 1.807) is 0 Å². The van der Waals surface area contributed by atoms with Crippen LogP contribution in [0.15, 0.2) is 59.0 Å². The quantitative estimate of drug-likeness (QED) is 0.593. The van der Waals surface area contributed by atoms with Crippen LogP contribution < -0.4 is 10.2 Å². The van der Waals surface area contributed by atoms with Gasteiger partial charge in [-0.25, -0.2) is 0 Å². The summed E-state index contributed by atoms with van der Waals surface area (Å²) in [6.45, 7) is 3.79. The Labute approximate surface area is 168 Å². The van der Waals surface area contributed by atoms with Crippen molar-refractivity contribution in [3.05, 3.63) is 70.4 Å². The molecule has 1 aliphatic rings. The van der Waals surface area contributed by atoms with Gasteiger partial charge in [-0.05, 0) is 42.5 Å². The number of ether oxygens (including phenoxy) is 1. The number of anilines is 2. The second-order valence-corrected chi connectivity index (χ2v) is 7.24. The molecule has 0 amide bonds. The minimum absolute atomic E-state index is 0.577. The second-order valence-electron chi connectivity index (χ2n) is 6.40. The maximum absolute atomic E-state index is 6.49. The Morgan fingerprint density at radius 3 is 2.59 bits per heavy atom. The summed E-state index contributed by atoms with van der Waals surface area (Å²) in [7, 11) is 0.